The number of hydrogen-bond acceptors (Lipinski definition) is 3. The van der Waals surface area contributed by atoms with Crippen molar-refractivity contribution in [3.63, 3.8) is 0 Å². The summed E-state index contributed by atoms with van der Waals surface area (Å²) in [6.45, 7) is 1.33. The number of ether oxygens (including phenoxy) is 2. The van der Waals surface area contributed by atoms with E-state index >= 15 is 0 Å². The molecule has 0 aromatic heterocycles. The van der Waals surface area contributed by atoms with Gasteiger partial charge in [-0.15, -0.1) is 0 Å². The Hall–Kier alpha value is -0.810. The number of hydrogen-bond donors (Lipinski definition) is 1. The zero-order valence-electron chi connectivity index (χ0n) is 12.9. The molecular formula is C17H21Cl2NO3. The normalized spacial score (nSPS) is 27.3. The van der Waals surface area contributed by atoms with Crippen LogP contribution in [0.1, 0.15) is 31.2 Å². The summed E-state index contributed by atoms with van der Waals surface area (Å²) in [5.74, 6) is 0.0660. The van der Waals surface area contributed by atoms with Crippen LogP contribution in [-0.4, -0.2) is 37.4 Å². The van der Waals surface area contributed by atoms with E-state index in [1.54, 1.807) is 6.07 Å². The SMILES string of the molecule is O=C(CCc1ccc(Cl)c(Cl)c1)N[C@@H]1CC[C@H]2OCCO[C@H]2C1. The van der Waals surface area contributed by atoms with Crippen LogP contribution in [0.15, 0.2) is 18.2 Å². The highest BCUT2D eigenvalue weighted by atomic mass is 35.5. The van der Waals surface area contributed by atoms with E-state index in [1.807, 2.05) is 12.1 Å². The number of aryl methyl sites for hydroxylation is 1. The molecule has 2 fully saturated rings. The molecule has 1 amide bonds. The number of halogens is 2. The molecule has 1 saturated carbocycles. The standard InChI is InChI=1S/C17H21Cl2NO3/c18-13-4-1-11(9-14(13)19)2-6-17(21)20-12-3-5-15-16(10-12)23-8-7-22-15/h1,4,9,12,15-16H,2-3,5-8,10H2,(H,20,21)/t12-,15-,16+/m1/s1. The van der Waals surface area contributed by atoms with Crippen molar-refractivity contribution < 1.29 is 14.3 Å². The molecule has 1 aromatic rings. The van der Waals surface area contributed by atoms with Crippen molar-refractivity contribution in [2.75, 3.05) is 13.2 Å². The summed E-state index contributed by atoms with van der Waals surface area (Å²) in [4.78, 5) is 12.2. The summed E-state index contributed by atoms with van der Waals surface area (Å²) < 4.78 is 11.4. The lowest BCUT2D eigenvalue weighted by Gasteiger charge is -2.39. The van der Waals surface area contributed by atoms with Crippen LogP contribution in [0.3, 0.4) is 0 Å². The van der Waals surface area contributed by atoms with Crippen LogP contribution in [-0.2, 0) is 20.7 Å². The molecule has 0 bridgehead atoms. The number of rotatable bonds is 4. The van der Waals surface area contributed by atoms with Crippen LogP contribution in [0.4, 0.5) is 0 Å². The second-order valence-electron chi connectivity index (χ2n) is 6.14. The molecule has 4 nitrogen and oxygen atoms in total. The maximum atomic E-state index is 12.2. The lowest BCUT2D eigenvalue weighted by Crippen LogP contribution is -2.49. The Morgan fingerprint density at radius 3 is 2.70 bits per heavy atom. The molecule has 1 N–H and O–H groups in total. The average molecular weight is 358 g/mol. The van der Waals surface area contributed by atoms with Crippen molar-refractivity contribution in [2.45, 2.75) is 50.4 Å². The van der Waals surface area contributed by atoms with Gasteiger partial charge in [0.15, 0.2) is 0 Å². The first-order chi connectivity index (χ1) is 11.1. The van der Waals surface area contributed by atoms with Gasteiger partial charge in [0, 0.05) is 12.5 Å². The summed E-state index contributed by atoms with van der Waals surface area (Å²) in [6, 6.07) is 5.66. The second-order valence-corrected chi connectivity index (χ2v) is 6.96. The van der Waals surface area contributed by atoms with Gasteiger partial charge in [0.1, 0.15) is 0 Å². The highest BCUT2D eigenvalue weighted by Crippen LogP contribution is 2.27. The van der Waals surface area contributed by atoms with Crippen molar-refractivity contribution in [2.24, 2.45) is 0 Å². The van der Waals surface area contributed by atoms with Gasteiger partial charge in [-0.2, -0.15) is 0 Å². The summed E-state index contributed by atoms with van der Waals surface area (Å²) in [5, 5.41) is 4.17. The highest BCUT2D eigenvalue weighted by molar-refractivity contribution is 6.42. The van der Waals surface area contributed by atoms with Gasteiger partial charge in [-0.3, -0.25) is 4.79 Å². The molecule has 1 saturated heterocycles. The van der Waals surface area contributed by atoms with E-state index < -0.39 is 0 Å². The van der Waals surface area contributed by atoms with Gasteiger partial charge in [-0.05, 0) is 43.4 Å². The van der Waals surface area contributed by atoms with Crippen LogP contribution in [0.2, 0.25) is 10.0 Å². The minimum Gasteiger partial charge on any atom is -0.373 e. The largest absolute Gasteiger partial charge is 0.373 e. The lowest BCUT2D eigenvalue weighted by atomic mass is 9.89. The molecular weight excluding hydrogens is 337 g/mol. The zero-order chi connectivity index (χ0) is 16.2. The van der Waals surface area contributed by atoms with Crippen LogP contribution < -0.4 is 5.32 Å². The van der Waals surface area contributed by atoms with Crippen LogP contribution >= 0.6 is 23.2 Å². The molecule has 1 aliphatic heterocycles. The number of fused-ring (bicyclic) bond motifs is 1. The minimum atomic E-state index is 0.0660. The topological polar surface area (TPSA) is 47.6 Å². The second kappa shape index (κ2) is 7.84. The lowest BCUT2D eigenvalue weighted by molar-refractivity contribution is -0.158. The molecule has 126 valence electrons. The predicted octanol–water partition coefficient (Wildman–Crippen LogP) is 3.38. The Balaban J connectivity index is 1.45. The summed E-state index contributed by atoms with van der Waals surface area (Å²) >= 11 is 11.9. The first-order valence-corrected chi connectivity index (χ1v) is 8.84. The fraction of sp³-hybridized carbons (Fsp3) is 0.588. The van der Waals surface area contributed by atoms with Crippen LogP contribution in [0.25, 0.3) is 0 Å². The maximum Gasteiger partial charge on any atom is 0.220 e. The molecule has 1 aromatic carbocycles. The summed E-state index contributed by atoms with van der Waals surface area (Å²) in [5.41, 5.74) is 1.02. The Bertz CT molecular complexity index is 567. The molecule has 0 spiro atoms. The van der Waals surface area contributed by atoms with Gasteiger partial charge >= 0.3 is 0 Å². The number of carbonyl (C=O) groups is 1. The van der Waals surface area contributed by atoms with E-state index in [2.05, 4.69) is 5.32 Å². The highest BCUT2D eigenvalue weighted by Gasteiger charge is 2.34. The molecule has 3 rings (SSSR count). The van der Waals surface area contributed by atoms with Crippen LogP contribution in [0.5, 0.6) is 0 Å². The number of carbonyl (C=O) groups excluding carboxylic acids is 1. The van der Waals surface area contributed by atoms with Crippen molar-refractivity contribution in [3.05, 3.63) is 33.8 Å². The van der Waals surface area contributed by atoms with E-state index in [1.165, 1.54) is 0 Å². The Labute approximate surface area is 146 Å². The Morgan fingerprint density at radius 1 is 1.13 bits per heavy atom. The summed E-state index contributed by atoms with van der Waals surface area (Å²) in [6.07, 6.45) is 4.15. The number of nitrogens with one attached hydrogen (secondary N) is 1. The zero-order valence-corrected chi connectivity index (χ0v) is 14.4. The van der Waals surface area contributed by atoms with Crippen LogP contribution in [0, 0.1) is 0 Å². The van der Waals surface area contributed by atoms with E-state index in [4.69, 9.17) is 32.7 Å². The number of benzene rings is 1. The average Bonchev–Trinajstić information content (AvgIpc) is 2.56. The van der Waals surface area contributed by atoms with Gasteiger partial charge in [-0.25, -0.2) is 0 Å². The van der Waals surface area contributed by atoms with Crippen molar-refractivity contribution >= 4 is 29.1 Å². The fourth-order valence-corrected chi connectivity index (χ4v) is 3.57. The monoisotopic (exact) mass is 357 g/mol. The van der Waals surface area contributed by atoms with Crippen molar-refractivity contribution in [1.29, 1.82) is 0 Å². The summed E-state index contributed by atoms with van der Waals surface area (Å²) in [7, 11) is 0. The molecule has 23 heavy (non-hydrogen) atoms. The maximum absolute atomic E-state index is 12.2. The first kappa shape index (κ1) is 17.0. The molecule has 1 aliphatic carbocycles. The van der Waals surface area contributed by atoms with Crippen molar-refractivity contribution in [3.8, 4) is 0 Å². The van der Waals surface area contributed by atoms with Gasteiger partial charge < -0.3 is 14.8 Å². The van der Waals surface area contributed by atoms with Gasteiger partial charge in [0.25, 0.3) is 0 Å². The number of amides is 1. The molecule has 3 atom stereocenters. The Kier molecular flexibility index (Phi) is 5.81. The molecule has 0 radical (unpaired) electrons. The molecule has 6 heteroatoms. The van der Waals surface area contributed by atoms with E-state index in [9.17, 15) is 4.79 Å². The third kappa shape index (κ3) is 4.60. The first-order valence-electron chi connectivity index (χ1n) is 8.08. The fourth-order valence-electron chi connectivity index (χ4n) is 3.25. The third-order valence-corrected chi connectivity index (χ3v) is 5.21. The minimum absolute atomic E-state index is 0.0660. The quantitative estimate of drug-likeness (QED) is 0.898. The smallest absolute Gasteiger partial charge is 0.220 e. The van der Waals surface area contributed by atoms with Crippen molar-refractivity contribution in [1.82, 2.24) is 5.32 Å². The molecule has 2 aliphatic rings. The van der Waals surface area contributed by atoms with Gasteiger partial charge in [-0.1, -0.05) is 29.3 Å². The van der Waals surface area contributed by atoms with E-state index in [0.29, 0.717) is 36.1 Å². The third-order valence-electron chi connectivity index (χ3n) is 4.47. The Morgan fingerprint density at radius 2 is 1.91 bits per heavy atom. The van der Waals surface area contributed by atoms with Gasteiger partial charge in [0.2, 0.25) is 5.91 Å². The molecule has 1 heterocycles. The predicted molar refractivity (Wildman–Crippen MR) is 90.0 cm³/mol. The molecule has 0 unspecified atom stereocenters. The van der Waals surface area contributed by atoms with Gasteiger partial charge in [0.05, 0.1) is 35.5 Å². The van der Waals surface area contributed by atoms with E-state index in [0.717, 1.165) is 24.8 Å². The van der Waals surface area contributed by atoms with E-state index in [-0.39, 0.29) is 24.2 Å².